The van der Waals surface area contributed by atoms with Gasteiger partial charge in [-0.05, 0) is 56.9 Å². The number of pyridine rings is 1. The molecule has 27 heavy (non-hydrogen) atoms. The van der Waals surface area contributed by atoms with E-state index in [9.17, 15) is 8.42 Å². The van der Waals surface area contributed by atoms with Crippen LogP contribution in [0.5, 0.6) is 0 Å². The van der Waals surface area contributed by atoms with Crippen LogP contribution < -0.4 is 0 Å². The van der Waals surface area contributed by atoms with E-state index in [2.05, 4.69) is 10.2 Å². The molecule has 1 fully saturated rings. The third-order valence-electron chi connectivity index (χ3n) is 5.29. The van der Waals surface area contributed by atoms with Gasteiger partial charge in [-0.15, -0.1) is 10.2 Å². The van der Waals surface area contributed by atoms with E-state index in [1.807, 2.05) is 61.7 Å². The van der Waals surface area contributed by atoms with Crippen LogP contribution in [-0.4, -0.2) is 40.4 Å². The monoisotopic (exact) mass is 384 g/mol. The van der Waals surface area contributed by atoms with Crippen molar-refractivity contribution in [2.75, 3.05) is 13.1 Å². The van der Waals surface area contributed by atoms with Gasteiger partial charge in [0.1, 0.15) is 5.82 Å². The van der Waals surface area contributed by atoms with Gasteiger partial charge < -0.3 is 0 Å². The molecular weight excluding hydrogens is 360 g/mol. The Balaban J connectivity index is 1.69. The third kappa shape index (κ3) is 3.15. The lowest BCUT2D eigenvalue weighted by Gasteiger charge is -2.32. The summed E-state index contributed by atoms with van der Waals surface area (Å²) in [6.07, 6.45) is 3.66. The first-order valence-corrected chi connectivity index (χ1v) is 10.7. The second kappa shape index (κ2) is 6.73. The topological polar surface area (TPSA) is 67.6 Å². The van der Waals surface area contributed by atoms with Crippen LogP contribution in [0.4, 0.5) is 0 Å². The van der Waals surface area contributed by atoms with Crippen molar-refractivity contribution in [1.82, 2.24) is 18.9 Å². The van der Waals surface area contributed by atoms with Crippen molar-refractivity contribution in [3.8, 4) is 0 Å². The molecule has 0 amide bonds. The molecule has 1 saturated heterocycles. The average Bonchev–Trinajstić information content (AvgIpc) is 3.05. The number of fused-ring (bicyclic) bond motifs is 1. The van der Waals surface area contributed by atoms with Gasteiger partial charge in [0.25, 0.3) is 0 Å². The van der Waals surface area contributed by atoms with E-state index in [0.29, 0.717) is 18.0 Å². The van der Waals surface area contributed by atoms with Gasteiger partial charge in [0.05, 0.1) is 4.90 Å². The summed E-state index contributed by atoms with van der Waals surface area (Å²) in [7, 11) is -3.54. The second-order valence-electron chi connectivity index (χ2n) is 7.42. The fraction of sp³-hybridized carbons (Fsp3) is 0.400. The summed E-state index contributed by atoms with van der Waals surface area (Å²) in [6, 6.07) is 9.65. The molecule has 6 nitrogen and oxygen atoms in total. The summed E-state index contributed by atoms with van der Waals surface area (Å²) in [5.74, 6) is 0.875. The molecule has 7 heteroatoms. The maximum absolute atomic E-state index is 13.4. The highest BCUT2D eigenvalue weighted by Crippen LogP contribution is 2.32. The molecule has 4 rings (SSSR count). The van der Waals surface area contributed by atoms with Gasteiger partial charge in [0.2, 0.25) is 10.0 Å². The Hall–Kier alpha value is -2.25. The van der Waals surface area contributed by atoms with E-state index in [1.165, 1.54) is 0 Å². The first-order chi connectivity index (χ1) is 12.9. The van der Waals surface area contributed by atoms with Crippen molar-refractivity contribution in [1.29, 1.82) is 0 Å². The van der Waals surface area contributed by atoms with E-state index < -0.39 is 10.0 Å². The SMILES string of the molecule is Cc1cc(C)c(S(=O)(=O)N2CCC[C@H](c3nnc4ccccn34)C2)c(C)c1. The zero-order chi connectivity index (χ0) is 19.2. The van der Waals surface area contributed by atoms with Crippen molar-refractivity contribution in [2.45, 2.75) is 44.4 Å². The van der Waals surface area contributed by atoms with Gasteiger partial charge in [0.15, 0.2) is 5.65 Å². The molecule has 0 bridgehead atoms. The van der Waals surface area contributed by atoms with Crippen LogP contribution in [0.15, 0.2) is 41.4 Å². The molecule has 0 radical (unpaired) electrons. The first-order valence-electron chi connectivity index (χ1n) is 9.25. The van der Waals surface area contributed by atoms with Crippen molar-refractivity contribution in [2.24, 2.45) is 0 Å². The molecule has 0 aliphatic carbocycles. The van der Waals surface area contributed by atoms with Crippen LogP contribution in [0.25, 0.3) is 5.65 Å². The number of hydrogen-bond acceptors (Lipinski definition) is 4. The summed E-state index contributed by atoms with van der Waals surface area (Å²) in [5, 5.41) is 8.57. The fourth-order valence-corrected chi connectivity index (χ4v) is 6.15. The van der Waals surface area contributed by atoms with Crippen LogP contribution in [0.3, 0.4) is 0 Å². The number of aromatic nitrogens is 3. The van der Waals surface area contributed by atoms with Crippen LogP contribution in [0.2, 0.25) is 0 Å². The smallest absolute Gasteiger partial charge is 0.243 e. The Bertz CT molecular complexity index is 1080. The minimum atomic E-state index is -3.54. The molecule has 1 aliphatic rings. The Kier molecular flexibility index (Phi) is 4.52. The molecule has 1 atom stereocenters. The molecule has 3 aromatic rings. The fourth-order valence-electron chi connectivity index (χ4n) is 4.21. The number of aryl methyl sites for hydroxylation is 3. The standard InChI is InChI=1S/C20H24N4O2S/c1-14-11-15(2)19(16(3)12-14)27(25,26)23-9-6-7-17(13-23)20-22-21-18-8-4-5-10-24(18)20/h4-5,8,10-12,17H,6-7,9,13H2,1-3H3/t17-/m0/s1. The first kappa shape index (κ1) is 18.1. The highest BCUT2D eigenvalue weighted by molar-refractivity contribution is 7.89. The van der Waals surface area contributed by atoms with Crippen LogP contribution >= 0.6 is 0 Å². The van der Waals surface area contributed by atoms with Gasteiger partial charge in [-0.1, -0.05) is 23.8 Å². The lowest BCUT2D eigenvalue weighted by atomic mass is 9.99. The lowest BCUT2D eigenvalue weighted by molar-refractivity contribution is 0.308. The number of hydrogen-bond donors (Lipinski definition) is 0. The molecule has 142 valence electrons. The van der Waals surface area contributed by atoms with Gasteiger partial charge in [-0.3, -0.25) is 4.40 Å². The van der Waals surface area contributed by atoms with E-state index in [-0.39, 0.29) is 5.92 Å². The number of nitrogens with zero attached hydrogens (tertiary/aromatic N) is 4. The van der Waals surface area contributed by atoms with E-state index >= 15 is 0 Å². The zero-order valence-electron chi connectivity index (χ0n) is 15.9. The maximum Gasteiger partial charge on any atom is 0.243 e. The lowest BCUT2D eigenvalue weighted by Crippen LogP contribution is -2.40. The number of rotatable bonds is 3. The van der Waals surface area contributed by atoms with E-state index in [1.54, 1.807) is 4.31 Å². The third-order valence-corrected chi connectivity index (χ3v) is 7.46. The van der Waals surface area contributed by atoms with Gasteiger partial charge in [-0.25, -0.2) is 8.42 Å². The summed E-state index contributed by atoms with van der Waals surface area (Å²) >= 11 is 0. The predicted octanol–water partition coefficient (Wildman–Crippen LogP) is 3.22. The van der Waals surface area contributed by atoms with Crippen LogP contribution in [0, 0.1) is 20.8 Å². The van der Waals surface area contributed by atoms with E-state index in [0.717, 1.165) is 41.0 Å². The van der Waals surface area contributed by atoms with Crippen molar-refractivity contribution >= 4 is 15.7 Å². The zero-order valence-corrected chi connectivity index (χ0v) is 16.7. The normalized spacial score (nSPS) is 18.9. The van der Waals surface area contributed by atoms with Crippen molar-refractivity contribution in [3.63, 3.8) is 0 Å². The quantitative estimate of drug-likeness (QED) is 0.695. The van der Waals surface area contributed by atoms with Gasteiger partial charge in [-0.2, -0.15) is 4.31 Å². The predicted molar refractivity (Wildman–Crippen MR) is 104 cm³/mol. The highest BCUT2D eigenvalue weighted by Gasteiger charge is 2.34. The Morgan fingerprint density at radius 3 is 2.56 bits per heavy atom. The van der Waals surface area contributed by atoms with Crippen LogP contribution in [0.1, 0.15) is 41.3 Å². The maximum atomic E-state index is 13.4. The van der Waals surface area contributed by atoms with Crippen LogP contribution in [-0.2, 0) is 10.0 Å². The Morgan fingerprint density at radius 2 is 1.81 bits per heavy atom. The Labute approximate surface area is 159 Å². The molecule has 1 aliphatic heterocycles. The number of sulfonamides is 1. The van der Waals surface area contributed by atoms with Gasteiger partial charge in [0, 0.05) is 25.2 Å². The highest BCUT2D eigenvalue weighted by atomic mass is 32.2. The molecule has 0 N–H and O–H groups in total. The van der Waals surface area contributed by atoms with Gasteiger partial charge >= 0.3 is 0 Å². The minimum absolute atomic E-state index is 0.0389. The minimum Gasteiger partial charge on any atom is -0.286 e. The molecule has 2 aromatic heterocycles. The van der Waals surface area contributed by atoms with Crippen molar-refractivity contribution in [3.05, 3.63) is 59.0 Å². The van der Waals surface area contributed by atoms with E-state index in [4.69, 9.17) is 0 Å². The summed E-state index contributed by atoms with van der Waals surface area (Å²) < 4.78 is 30.4. The second-order valence-corrected chi connectivity index (χ2v) is 9.29. The summed E-state index contributed by atoms with van der Waals surface area (Å²) in [5.41, 5.74) is 3.48. The molecule has 1 aromatic carbocycles. The average molecular weight is 385 g/mol. The molecular formula is C20H24N4O2S. The summed E-state index contributed by atoms with van der Waals surface area (Å²) in [6.45, 7) is 6.72. The molecule has 3 heterocycles. The molecule has 0 spiro atoms. The van der Waals surface area contributed by atoms with Crippen molar-refractivity contribution < 1.29 is 8.42 Å². The largest absolute Gasteiger partial charge is 0.286 e. The number of piperidine rings is 1. The molecule has 0 unspecified atom stereocenters. The molecule has 0 saturated carbocycles. The Morgan fingerprint density at radius 1 is 1.07 bits per heavy atom. The summed E-state index contributed by atoms with van der Waals surface area (Å²) in [4.78, 5) is 0.444. The number of benzene rings is 1.